The molecule has 2 aromatic rings. The molecule has 1 fully saturated rings. The van der Waals surface area contributed by atoms with E-state index in [1.165, 1.54) is 24.5 Å². The van der Waals surface area contributed by atoms with E-state index >= 15 is 0 Å². The van der Waals surface area contributed by atoms with Gasteiger partial charge in [0.25, 0.3) is 0 Å². The molecule has 4 rings (SSSR count). The number of piperidine rings is 1. The van der Waals surface area contributed by atoms with Crippen molar-refractivity contribution in [1.82, 2.24) is 14.9 Å². The van der Waals surface area contributed by atoms with Crippen molar-refractivity contribution in [2.24, 2.45) is 0 Å². The highest BCUT2D eigenvalue weighted by atomic mass is 19.1. The molecule has 9 nitrogen and oxygen atoms in total. The molecule has 2 aliphatic rings. The maximum Gasteiger partial charge on any atom is 0.410 e. The molecule has 1 amide bonds. The first-order valence-electron chi connectivity index (χ1n) is 10.6. The minimum Gasteiger partial charge on any atom is -0.485 e. The average Bonchev–Trinajstić information content (AvgIpc) is 2.80. The number of hydrogen-bond donors (Lipinski definition) is 1. The molecule has 1 aromatic carbocycles. The number of nitrogens with one attached hydrogen (secondary N) is 1. The van der Waals surface area contributed by atoms with Crippen LogP contribution in [0.2, 0.25) is 0 Å². The molecule has 0 saturated carbocycles. The van der Waals surface area contributed by atoms with Crippen LogP contribution >= 0.6 is 0 Å². The number of benzene rings is 1. The van der Waals surface area contributed by atoms with Crippen LogP contribution < -0.4 is 15.0 Å². The molecule has 10 heteroatoms. The molecular formula is C22H25FN6O3. The number of nitrogens with zero attached hydrogens (tertiary/aromatic N) is 5. The molecule has 1 saturated heterocycles. The average molecular weight is 440 g/mol. The van der Waals surface area contributed by atoms with E-state index in [2.05, 4.69) is 20.2 Å². The van der Waals surface area contributed by atoms with Gasteiger partial charge in [0.15, 0.2) is 11.6 Å². The maximum absolute atomic E-state index is 14.4. The van der Waals surface area contributed by atoms with Gasteiger partial charge in [-0.2, -0.15) is 5.26 Å². The largest absolute Gasteiger partial charge is 0.485 e. The Kier molecular flexibility index (Phi) is 6.25. The molecule has 0 aliphatic carbocycles. The minimum absolute atomic E-state index is 0.144. The van der Waals surface area contributed by atoms with Gasteiger partial charge in [0.2, 0.25) is 5.75 Å². The van der Waals surface area contributed by atoms with Crippen molar-refractivity contribution in [3.63, 3.8) is 0 Å². The number of rotatable bonds is 4. The summed E-state index contributed by atoms with van der Waals surface area (Å²) in [4.78, 5) is 24.7. The second-order valence-corrected chi connectivity index (χ2v) is 8.00. The molecule has 0 unspecified atom stereocenters. The van der Waals surface area contributed by atoms with Crippen LogP contribution in [-0.2, 0) is 4.74 Å². The van der Waals surface area contributed by atoms with Gasteiger partial charge in [-0.25, -0.2) is 19.2 Å². The van der Waals surface area contributed by atoms with Crippen LogP contribution in [-0.4, -0.2) is 59.3 Å². The van der Waals surface area contributed by atoms with Crippen LogP contribution in [0.25, 0.3) is 0 Å². The van der Waals surface area contributed by atoms with Gasteiger partial charge in [0, 0.05) is 19.1 Å². The molecule has 0 radical (unpaired) electrons. The zero-order valence-corrected chi connectivity index (χ0v) is 18.0. The van der Waals surface area contributed by atoms with Gasteiger partial charge >= 0.3 is 6.09 Å². The summed E-state index contributed by atoms with van der Waals surface area (Å²) in [5.41, 5.74) is 0.436. The number of likely N-dealkylation sites (tertiary alicyclic amines) is 1. The molecule has 3 heterocycles. The number of amides is 1. The quantitative estimate of drug-likeness (QED) is 0.771. The Balaban J connectivity index is 1.49. The summed E-state index contributed by atoms with van der Waals surface area (Å²) in [5, 5.41) is 11.9. The third-order valence-electron chi connectivity index (χ3n) is 5.49. The first-order valence-corrected chi connectivity index (χ1v) is 10.6. The number of carbonyl (C=O) groups excluding carboxylic acids is 1. The van der Waals surface area contributed by atoms with Gasteiger partial charge in [-0.05, 0) is 44.9 Å². The predicted molar refractivity (Wildman–Crippen MR) is 115 cm³/mol. The molecule has 0 atom stereocenters. The summed E-state index contributed by atoms with van der Waals surface area (Å²) in [6, 6.07) is 6.30. The summed E-state index contributed by atoms with van der Waals surface area (Å²) in [6.45, 7) is 6.00. The highest BCUT2D eigenvalue weighted by molar-refractivity contribution is 5.72. The van der Waals surface area contributed by atoms with E-state index in [0.717, 1.165) is 12.8 Å². The van der Waals surface area contributed by atoms with Crippen molar-refractivity contribution in [2.75, 3.05) is 36.5 Å². The van der Waals surface area contributed by atoms with E-state index in [4.69, 9.17) is 14.7 Å². The van der Waals surface area contributed by atoms with Crippen molar-refractivity contribution in [3.8, 4) is 11.8 Å². The molecule has 32 heavy (non-hydrogen) atoms. The van der Waals surface area contributed by atoms with E-state index in [-0.39, 0.29) is 29.5 Å². The summed E-state index contributed by atoms with van der Waals surface area (Å²) in [6.07, 6.45) is 2.56. The van der Waals surface area contributed by atoms with Crippen LogP contribution in [0.5, 0.6) is 5.75 Å². The zero-order chi connectivity index (χ0) is 22.7. The topological polar surface area (TPSA) is 104 Å². The Bertz CT molecular complexity index is 1030. The smallest absolute Gasteiger partial charge is 0.410 e. The van der Waals surface area contributed by atoms with Gasteiger partial charge < -0.3 is 24.6 Å². The van der Waals surface area contributed by atoms with Gasteiger partial charge in [0.1, 0.15) is 18.8 Å². The summed E-state index contributed by atoms with van der Waals surface area (Å²) in [5.74, 6) is 0.918. The standard InChI is InChI=1S/C22H25FN6O3/c1-14(2)32-22(30)28-7-5-16(6-8-28)29-9-10-31-19-20(25-13-26-21(19)29)27-18-4-3-15(12-24)11-17(18)23/h3-4,11,13-14,16H,5-10H2,1-2H3,(H,25,26,27). The second-order valence-electron chi connectivity index (χ2n) is 8.00. The molecule has 0 spiro atoms. The first kappa shape index (κ1) is 21.6. The van der Waals surface area contributed by atoms with E-state index in [1.807, 2.05) is 19.9 Å². The molecular weight excluding hydrogens is 415 g/mol. The van der Waals surface area contributed by atoms with Crippen LogP contribution in [0.4, 0.5) is 26.5 Å². The van der Waals surface area contributed by atoms with E-state index in [0.29, 0.717) is 43.6 Å². The van der Waals surface area contributed by atoms with Crippen molar-refractivity contribution in [3.05, 3.63) is 35.9 Å². The lowest BCUT2D eigenvalue weighted by Gasteiger charge is -2.41. The summed E-state index contributed by atoms with van der Waals surface area (Å²) in [7, 11) is 0. The van der Waals surface area contributed by atoms with Crippen molar-refractivity contribution < 1.29 is 18.7 Å². The number of hydrogen-bond acceptors (Lipinski definition) is 8. The fourth-order valence-corrected chi connectivity index (χ4v) is 3.95. The maximum atomic E-state index is 14.4. The van der Waals surface area contributed by atoms with Crippen LogP contribution in [0.1, 0.15) is 32.3 Å². The van der Waals surface area contributed by atoms with Crippen molar-refractivity contribution >= 4 is 23.4 Å². The summed E-state index contributed by atoms with van der Waals surface area (Å²) < 4.78 is 25.5. The Labute approximate surface area is 185 Å². The van der Waals surface area contributed by atoms with Crippen LogP contribution in [0.15, 0.2) is 24.5 Å². The molecule has 168 valence electrons. The number of fused-ring (bicyclic) bond motifs is 1. The third-order valence-corrected chi connectivity index (χ3v) is 5.49. The molecule has 2 aliphatic heterocycles. The van der Waals surface area contributed by atoms with E-state index < -0.39 is 5.82 Å². The Morgan fingerprint density at radius 1 is 1.31 bits per heavy atom. The Morgan fingerprint density at radius 3 is 2.78 bits per heavy atom. The normalized spacial score (nSPS) is 16.2. The number of carbonyl (C=O) groups is 1. The number of halogens is 1. The van der Waals surface area contributed by atoms with Gasteiger partial charge in [0.05, 0.1) is 30.0 Å². The highest BCUT2D eigenvalue weighted by Crippen LogP contribution is 2.38. The van der Waals surface area contributed by atoms with Gasteiger partial charge in [-0.15, -0.1) is 0 Å². The fourth-order valence-electron chi connectivity index (χ4n) is 3.95. The number of anilines is 3. The lowest BCUT2D eigenvalue weighted by molar-refractivity contribution is 0.0687. The SMILES string of the molecule is CC(C)OC(=O)N1CCC(N2CCOc3c(Nc4ccc(C#N)cc4F)ncnc32)CC1. The fraction of sp³-hybridized carbons (Fsp3) is 0.455. The third kappa shape index (κ3) is 4.51. The van der Waals surface area contributed by atoms with Gasteiger partial charge in [-0.1, -0.05) is 0 Å². The van der Waals surface area contributed by atoms with Crippen LogP contribution in [0.3, 0.4) is 0 Å². The Hall–Kier alpha value is -3.61. The zero-order valence-electron chi connectivity index (χ0n) is 18.0. The number of nitriles is 1. The van der Waals surface area contributed by atoms with Crippen molar-refractivity contribution in [2.45, 2.75) is 38.8 Å². The van der Waals surface area contributed by atoms with Crippen LogP contribution in [0, 0.1) is 17.1 Å². The molecule has 1 aromatic heterocycles. The van der Waals surface area contributed by atoms with E-state index in [9.17, 15) is 9.18 Å². The monoisotopic (exact) mass is 440 g/mol. The minimum atomic E-state index is -0.551. The number of aromatic nitrogens is 2. The van der Waals surface area contributed by atoms with Crippen molar-refractivity contribution in [1.29, 1.82) is 5.26 Å². The summed E-state index contributed by atoms with van der Waals surface area (Å²) >= 11 is 0. The lowest BCUT2D eigenvalue weighted by Crippen LogP contribution is -2.49. The van der Waals surface area contributed by atoms with E-state index in [1.54, 1.807) is 4.90 Å². The second kappa shape index (κ2) is 9.26. The Morgan fingerprint density at radius 2 is 2.09 bits per heavy atom. The predicted octanol–water partition coefficient (Wildman–Crippen LogP) is 3.44. The lowest BCUT2D eigenvalue weighted by atomic mass is 10.0. The first-order chi connectivity index (χ1) is 15.5. The molecule has 1 N–H and O–H groups in total. The highest BCUT2D eigenvalue weighted by Gasteiger charge is 2.33. The number of ether oxygens (including phenoxy) is 2. The van der Waals surface area contributed by atoms with Gasteiger partial charge in [-0.3, -0.25) is 0 Å². The molecule has 0 bridgehead atoms.